The fourth-order valence-corrected chi connectivity index (χ4v) is 1.89. The van der Waals surface area contributed by atoms with E-state index >= 15 is 0 Å². The highest BCUT2D eigenvalue weighted by molar-refractivity contribution is 5.93. The van der Waals surface area contributed by atoms with Gasteiger partial charge in [0.25, 0.3) is 0 Å². The SMILES string of the molecule is C=CCN(CC)C(=O)N(CCO)c1ccc(C(=O)O)cc1. The highest BCUT2D eigenvalue weighted by atomic mass is 16.4. The van der Waals surface area contributed by atoms with Crippen LogP contribution in [-0.4, -0.2) is 53.4 Å². The number of aromatic carboxylic acids is 1. The predicted molar refractivity (Wildman–Crippen MR) is 80.7 cm³/mol. The number of hydrogen-bond acceptors (Lipinski definition) is 3. The number of hydrogen-bond donors (Lipinski definition) is 2. The van der Waals surface area contributed by atoms with Crippen molar-refractivity contribution in [2.75, 3.05) is 31.1 Å². The van der Waals surface area contributed by atoms with Gasteiger partial charge in [-0.05, 0) is 31.2 Å². The third kappa shape index (κ3) is 4.32. The lowest BCUT2D eigenvalue weighted by Gasteiger charge is -2.29. The molecule has 0 atom stereocenters. The van der Waals surface area contributed by atoms with E-state index in [1.165, 1.54) is 17.0 Å². The maximum absolute atomic E-state index is 12.5. The molecular weight excluding hydrogens is 272 g/mol. The van der Waals surface area contributed by atoms with E-state index in [0.29, 0.717) is 18.8 Å². The molecule has 0 saturated heterocycles. The monoisotopic (exact) mass is 292 g/mol. The zero-order chi connectivity index (χ0) is 15.8. The lowest BCUT2D eigenvalue weighted by Crippen LogP contribution is -2.44. The lowest BCUT2D eigenvalue weighted by molar-refractivity contribution is 0.0697. The molecule has 0 fully saturated rings. The molecule has 0 aliphatic rings. The molecule has 0 radical (unpaired) electrons. The standard InChI is InChI=1S/C15H20N2O4/c1-3-9-16(4-2)15(21)17(10-11-18)13-7-5-12(6-8-13)14(19)20/h3,5-8,18H,1,4,9-11H2,2H3,(H,19,20). The molecule has 6 heteroatoms. The second-order valence-electron chi connectivity index (χ2n) is 4.34. The van der Waals surface area contributed by atoms with Crippen LogP contribution in [0, 0.1) is 0 Å². The van der Waals surface area contributed by atoms with E-state index in [9.17, 15) is 9.59 Å². The smallest absolute Gasteiger partial charge is 0.335 e. The van der Waals surface area contributed by atoms with E-state index in [-0.39, 0.29) is 24.7 Å². The summed E-state index contributed by atoms with van der Waals surface area (Å²) in [5.41, 5.74) is 0.690. The van der Waals surface area contributed by atoms with Gasteiger partial charge in [0.1, 0.15) is 0 Å². The van der Waals surface area contributed by atoms with Crippen molar-refractivity contribution in [1.82, 2.24) is 4.90 Å². The van der Waals surface area contributed by atoms with Gasteiger partial charge in [0.05, 0.1) is 18.7 Å². The molecule has 0 unspecified atom stereocenters. The first-order valence-electron chi connectivity index (χ1n) is 6.66. The number of aliphatic hydroxyl groups excluding tert-OH is 1. The molecule has 0 heterocycles. The number of carbonyl (C=O) groups is 2. The Morgan fingerprint density at radius 3 is 2.33 bits per heavy atom. The van der Waals surface area contributed by atoms with Gasteiger partial charge in [-0.3, -0.25) is 4.90 Å². The number of carboxylic acid groups (broad SMARTS) is 1. The minimum atomic E-state index is -1.02. The topological polar surface area (TPSA) is 81.1 Å². The normalized spacial score (nSPS) is 10.0. The Bertz CT molecular complexity index is 499. The van der Waals surface area contributed by atoms with Gasteiger partial charge in [-0.15, -0.1) is 6.58 Å². The minimum Gasteiger partial charge on any atom is -0.478 e. The first-order chi connectivity index (χ1) is 10.0. The van der Waals surface area contributed by atoms with Crippen LogP contribution in [0.3, 0.4) is 0 Å². The van der Waals surface area contributed by atoms with Crippen molar-refractivity contribution in [2.24, 2.45) is 0 Å². The van der Waals surface area contributed by atoms with Gasteiger partial charge in [0.15, 0.2) is 0 Å². The summed E-state index contributed by atoms with van der Waals surface area (Å²) in [6.07, 6.45) is 1.63. The van der Waals surface area contributed by atoms with E-state index in [1.54, 1.807) is 23.1 Å². The molecular formula is C15H20N2O4. The maximum atomic E-state index is 12.5. The summed E-state index contributed by atoms with van der Waals surface area (Å²) in [5.74, 6) is -1.02. The van der Waals surface area contributed by atoms with Crippen LogP contribution in [0.4, 0.5) is 10.5 Å². The summed E-state index contributed by atoms with van der Waals surface area (Å²) in [4.78, 5) is 26.3. The average Bonchev–Trinajstić information content (AvgIpc) is 2.49. The number of aliphatic hydroxyl groups is 1. The largest absolute Gasteiger partial charge is 0.478 e. The van der Waals surface area contributed by atoms with Crippen molar-refractivity contribution < 1.29 is 19.8 Å². The molecule has 0 saturated carbocycles. The summed E-state index contributed by atoms with van der Waals surface area (Å²) in [5, 5.41) is 18.0. The van der Waals surface area contributed by atoms with Crippen LogP contribution in [-0.2, 0) is 0 Å². The number of carboxylic acids is 1. The molecule has 2 N–H and O–H groups in total. The van der Waals surface area contributed by atoms with Crippen molar-refractivity contribution in [3.63, 3.8) is 0 Å². The quantitative estimate of drug-likeness (QED) is 0.751. The number of rotatable bonds is 7. The molecule has 21 heavy (non-hydrogen) atoms. The Morgan fingerprint density at radius 2 is 1.90 bits per heavy atom. The third-order valence-corrected chi connectivity index (χ3v) is 2.98. The van der Waals surface area contributed by atoms with Crippen LogP contribution in [0.1, 0.15) is 17.3 Å². The van der Waals surface area contributed by atoms with Crippen LogP contribution in [0.25, 0.3) is 0 Å². The van der Waals surface area contributed by atoms with Crippen molar-refractivity contribution in [3.05, 3.63) is 42.5 Å². The number of benzene rings is 1. The highest BCUT2D eigenvalue weighted by Crippen LogP contribution is 2.17. The van der Waals surface area contributed by atoms with Crippen molar-refractivity contribution in [1.29, 1.82) is 0 Å². The number of nitrogens with zero attached hydrogens (tertiary/aromatic N) is 2. The van der Waals surface area contributed by atoms with Gasteiger partial charge in [0, 0.05) is 18.8 Å². The van der Waals surface area contributed by atoms with Crippen molar-refractivity contribution in [3.8, 4) is 0 Å². The number of amides is 2. The molecule has 0 spiro atoms. The highest BCUT2D eigenvalue weighted by Gasteiger charge is 2.20. The van der Waals surface area contributed by atoms with Crippen molar-refractivity contribution in [2.45, 2.75) is 6.92 Å². The fraction of sp³-hybridized carbons (Fsp3) is 0.333. The maximum Gasteiger partial charge on any atom is 0.335 e. The molecule has 0 bridgehead atoms. The van der Waals surface area contributed by atoms with E-state index < -0.39 is 5.97 Å². The Labute approximate surface area is 123 Å². The van der Waals surface area contributed by atoms with Crippen LogP contribution in [0.2, 0.25) is 0 Å². The second kappa shape index (κ2) is 8.06. The molecule has 0 aliphatic heterocycles. The van der Waals surface area contributed by atoms with Crippen LogP contribution in [0.15, 0.2) is 36.9 Å². The van der Waals surface area contributed by atoms with Crippen molar-refractivity contribution >= 4 is 17.7 Å². The average molecular weight is 292 g/mol. The summed E-state index contributed by atoms with van der Waals surface area (Å²) in [6.45, 7) is 6.34. The Balaban J connectivity index is 3.01. The molecule has 6 nitrogen and oxygen atoms in total. The van der Waals surface area contributed by atoms with Crippen LogP contribution < -0.4 is 4.90 Å². The van der Waals surface area contributed by atoms with Gasteiger partial charge < -0.3 is 15.1 Å². The van der Waals surface area contributed by atoms with Crippen LogP contribution in [0.5, 0.6) is 0 Å². The number of likely N-dealkylation sites (N-methyl/N-ethyl adjacent to an activating group) is 1. The van der Waals surface area contributed by atoms with Gasteiger partial charge in [0.2, 0.25) is 0 Å². The predicted octanol–water partition coefficient (Wildman–Crippen LogP) is 1.81. The van der Waals surface area contributed by atoms with Gasteiger partial charge in [-0.2, -0.15) is 0 Å². The minimum absolute atomic E-state index is 0.138. The van der Waals surface area contributed by atoms with Gasteiger partial charge >= 0.3 is 12.0 Å². The molecule has 1 aromatic rings. The molecule has 0 aliphatic carbocycles. The number of urea groups is 1. The summed E-state index contributed by atoms with van der Waals surface area (Å²) in [6, 6.07) is 5.71. The fourth-order valence-electron chi connectivity index (χ4n) is 1.89. The summed E-state index contributed by atoms with van der Waals surface area (Å²) >= 11 is 0. The van der Waals surface area contributed by atoms with Gasteiger partial charge in [-0.25, -0.2) is 9.59 Å². The van der Waals surface area contributed by atoms with Gasteiger partial charge in [-0.1, -0.05) is 6.08 Å². The molecule has 1 rings (SSSR count). The Kier molecular flexibility index (Phi) is 6.42. The molecule has 0 aromatic heterocycles. The van der Waals surface area contributed by atoms with E-state index in [1.807, 2.05) is 6.92 Å². The second-order valence-corrected chi connectivity index (χ2v) is 4.34. The van der Waals surface area contributed by atoms with E-state index in [2.05, 4.69) is 6.58 Å². The Hall–Kier alpha value is -2.34. The number of carbonyl (C=O) groups excluding carboxylic acids is 1. The van der Waals surface area contributed by atoms with E-state index in [0.717, 1.165) is 0 Å². The third-order valence-electron chi connectivity index (χ3n) is 2.98. The van der Waals surface area contributed by atoms with Crippen LogP contribution >= 0.6 is 0 Å². The summed E-state index contributed by atoms with van der Waals surface area (Å²) < 4.78 is 0. The molecule has 1 aromatic carbocycles. The first-order valence-corrected chi connectivity index (χ1v) is 6.66. The molecule has 2 amide bonds. The zero-order valence-corrected chi connectivity index (χ0v) is 12.0. The number of anilines is 1. The zero-order valence-electron chi connectivity index (χ0n) is 12.0. The van der Waals surface area contributed by atoms with E-state index in [4.69, 9.17) is 10.2 Å². The Morgan fingerprint density at radius 1 is 1.29 bits per heavy atom. The molecule has 114 valence electrons. The lowest BCUT2D eigenvalue weighted by atomic mass is 10.2. The summed E-state index contributed by atoms with van der Waals surface area (Å²) in [7, 11) is 0. The first kappa shape index (κ1) is 16.7.